The van der Waals surface area contributed by atoms with Crippen LogP contribution in [-0.4, -0.2) is 22.1 Å². The number of hydrogen-bond acceptors (Lipinski definition) is 3. The van der Waals surface area contributed by atoms with Gasteiger partial charge in [0.2, 0.25) is 0 Å². The number of benzene rings is 1. The Kier molecular flexibility index (Phi) is 3.47. The first-order valence-corrected chi connectivity index (χ1v) is 6.01. The molecule has 1 aromatic carbocycles. The van der Waals surface area contributed by atoms with E-state index in [1.54, 1.807) is 24.5 Å². The maximum atomic E-state index is 13.3. The summed E-state index contributed by atoms with van der Waals surface area (Å²) in [6.45, 7) is 3.71. The van der Waals surface area contributed by atoms with Crippen LogP contribution in [0.2, 0.25) is 0 Å². The second-order valence-corrected chi connectivity index (χ2v) is 4.28. The molecule has 1 heterocycles. The Morgan fingerprint density at radius 3 is 3.00 bits per heavy atom. The van der Waals surface area contributed by atoms with Gasteiger partial charge in [-0.2, -0.15) is 0 Å². The Morgan fingerprint density at radius 2 is 2.33 bits per heavy atom. The minimum absolute atomic E-state index is 0.299. The van der Waals surface area contributed by atoms with Crippen LogP contribution in [-0.2, 0) is 9.53 Å². The maximum absolute atomic E-state index is 13.3. The van der Waals surface area contributed by atoms with Crippen molar-refractivity contribution in [2.24, 2.45) is 0 Å². The van der Waals surface area contributed by atoms with E-state index >= 15 is 0 Å². The first kappa shape index (κ1) is 12.8. The van der Waals surface area contributed by atoms with Crippen molar-refractivity contribution in [3.63, 3.8) is 0 Å². The molecule has 2 aromatic rings. The van der Waals surface area contributed by atoms with Crippen molar-refractivity contribution < 1.29 is 13.9 Å². The van der Waals surface area contributed by atoms with Gasteiger partial charge in [-0.15, -0.1) is 0 Å². The fourth-order valence-electron chi connectivity index (χ4n) is 1.85. The Labute approximate surface area is 108 Å². The number of carbonyl (C=O) groups is 1. The molecule has 0 aliphatic carbocycles. The Bertz CT molecular complexity index is 647. The third kappa shape index (κ3) is 2.15. The number of fused-ring (bicyclic) bond motifs is 1. The number of aromatic nitrogens is 2. The number of halogens is 1. The highest BCUT2D eigenvalue weighted by Crippen LogP contribution is 2.21. The predicted octanol–water partition coefficient (Wildman–Crippen LogP) is 2.96. The number of ether oxygens (including phenoxy) is 1. The lowest BCUT2D eigenvalue weighted by Crippen LogP contribution is -2.19. The van der Waals surface area contributed by atoms with E-state index < -0.39 is 12.0 Å². The molecule has 1 aromatic heterocycles. The Balaban J connectivity index is 2.56. The van der Waals surface area contributed by atoms with Crippen LogP contribution in [0, 0.1) is 10.6 Å². The molecule has 6 heteroatoms. The topological polar surface area (TPSA) is 47.0 Å². The van der Waals surface area contributed by atoms with Gasteiger partial charge in [-0.05, 0) is 44.3 Å². The molecule has 0 radical (unpaired) electrons. The standard InChI is InChI=1S/C12H13FN2O2S/c1-3-17-11(16)7(2)15-10-6-8(13)4-5-9(10)14-12(15)18/h4-7H,3H2,1-2H3,(H,14,18). The fourth-order valence-corrected chi connectivity index (χ4v) is 2.21. The molecule has 0 spiro atoms. The minimum Gasteiger partial charge on any atom is -0.464 e. The smallest absolute Gasteiger partial charge is 0.328 e. The maximum Gasteiger partial charge on any atom is 0.328 e. The summed E-state index contributed by atoms with van der Waals surface area (Å²) in [7, 11) is 0. The van der Waals surface area contributed by atoms with E-state index in [1.807, 2.05) is 0 Å². The first-order valence-electron chi connectivity index (χ1n) is 5.61. The number of hydrogen-bond donors (Lipinski definition) is 1. The van der Waals surface area contributed by atoms with Crippen molar-refractivity contribution in [1.29, 1.82) is 0 Å². The van der Waals surface area contributed by atoms with Crippen LogP contribution in [0.1, 0.15) is 19.9 Å². The highest BCUT2D eigenvalue weighted by molar-refractivity contribution is 7.71. The summed E-state index contributed by atoms with van der Waals surface area (Å²) in [6, 6.07) is 3.69. The molecule has 0 aliphatic rings. The summed E-state index contributed by atoms with van der Waals surface area (Å²) in [5, 5.41) is 0. The molecule has 1 unspecified atom stereocenters. The van der Waals surface area contributed by atoms with E-state index in [-0.39, 0.29) is 5.82 Å². The van der Waals surface area contributed by atoms with Crippen LogP contribution >= 0.6 is 12.2 Å². The molecule has 0 fully saturated rings. The third-order valence-electron chi connectivity index (χ3n) is 2.69. The molecule has 1 N–H and O–H groups in total. The molecule has 0 amide bonds. The molecule has 96 valence electrons. The van der Waals surface area contributed by atoms with E-state index in [0.29, 0.717) is 22.4 Å². The summed E-state index contributed by atoms with van der Waals surface area (Å²) in [6.07, 6.45) is 0. The molecule has 18 heavy (non-hydrogen) atoms. The van der Waals surface area contributed by atoms with Crippen molar-refractivity contribution in [2.45, 2.75) is 19.9 Å². The van der Waals surface area contributed by atoms with Crippen LogP contribution in [0.25, 0.3) is 11.0 Å². The lowest BCUT2D eigenvalue weighted by Gasteiger charge is -2.13. The average Bonchev–Trinajstić information content (AvgIpc) is 2.64. The van der Waals surface area contributed by atoms with E-state index in [4.69, 9.17) is 17.0 Å². The predicted molar refractivity (Wildman–Crippen MR) is 68.4 cm³/mol. The molecule has 2 rings (SSSR count). The van der Waals surface area contributed by atoms with Crippen LogP contribution in [0.4, 0.5) is 4.39 Å². The zero-order valence-corrected chi connectivity index (χ0v) is 10.9. The number of nitrogens with zero attached hydrogens (tertiary/aromatic N) is 1. The molecule has 0 saturated heterocycles. The second-order valence-electron chi connectivity index (χ2n) is 3.89. The van der Waals surface area contributed by atoms with Crippen LogP contribution in [0.15, 0.2) is 18.2 Å². The third-order valence-corrected chi connectivity index (χ3v) is 2.99. The van der Waals surface area contributed by atoms with Gasteiger partial charge in [0.15, 0.2) is 4.77 Å². The normalized spacial score (nSPS) is 12.6. The summed E-state index contributed by atoms with van der Waals surface area (Å²) < 4.78 is 20.1. The van der Waals surface area contributed by atoms with E-state index in [0.717, 1.165) is 0 Å². The zero-order valence-electron chi connectivity index (χ0n) is 10.1. The summed E-state index contributed by atoms with van der Waals surface area (Å²) in [5.41, 5.74) is 1.25. The SMILES string of the molecule is CCOC(=O)C(C)n1c(=S)[nH]c2ccc(F)cc21. The van der Waals surface area contributed by atoms with Crippen LogP contribution < -0.4 is 0 Å². The van der Waals surface area contributed by atoms with Gasteiger partial charge in [-0.25, -0.2) is 9.18 Å². The molecule has 1 atom stereocenters. The molecule has 4 nitrogen and oxygen atoms in total. The van der Waals surface area contributed by atoms with E-state index in [2.05, 4.69) is 4.98 Å². The van der Waals surface area contributed by atoms with Gasteiger partial charge in [0.1, 0.15) is 11.9 Å². The number of imidazole rings is 1. The molecule has 0 saturated carbocycles. The van der Waals surface area contributed by atoms with Gasteiger partial charge >= 0.3 is 5.97 Å². The van der Waals surface area contributed by atoms with Gasteiger partial charge < -0.3 is 14.3 Å². The van der Waals surface area contributed by atoms with E-state index in [9.17, 15) is 9.18 Å². The molecule has 0 bridgehead atoms. The minimum atomic E-state index is -0.590. The Morgan fingerprint density at radius 1 is 1.61 bits per heavy atom. The zero-order chi connectivity index (χ0) is 13.3. The summed E-state index contributed by atoms with van der Waals surface area (Å²) >= 11 is 5.15. The molecular formula is C12H13FN2O2S. The Hall–Kier alpha value is -1.69. The molecular weight excluding hydrogens is 255 g/mol. The van der Waals surface area contributed by atoms with E-state index in [1.165, 1.54) is 12.1 Å². The summed E-state index contributed by atoms with van der Waals surface area (Å²) in [5.74, 6) is -0.764. The fraction of sp³-hybridized carbons (Fsp3) is 0.333. The van der Waals surface area contributed by atoms with Gasteiger partial charge in [0.25, 0.3) is 0 Å². The van der Waals surface area contributed by atoms with Crippen LogP contribution in [0.3, 0.4) is 0 Å². The number of H-pyrrole nitrogens is 1. The average molecular weight is 268 g/mol. The van der Waals surface area contributed by atoms with Crippen molar-refractivity contribution in [3.05, 3.63) is 28.8 Å². The van der Waals surface area contributed by atoms with Gasteiger partial charge in [0, 0.05) is 0 Å². The monoisotopic (exact) mass is 268 g/mol. The second kappa shape index (κ2) is 4.89. The number of carbonyl (C=O) groups excluding carboxylic acids is 1. The van der Waals surface area contributed by atoms with Crippen molar-refractivity contribution in [1.82, 2.24) is 9.55 Å². The lowest BCUT2D eigenvalue weighted by atomic mass is 10.2. The number of aromatic amines is 1. The highest BCUT2D eigenvalue weighted by atomic mass is 32.1. The number of esters is 1. The van der Waals surface area contributed by atoms with Gasteiger partial charge in [-0.1, -0.05) is 0 Å². The lowest BCUT2D eigenvalue weighted by molar-refractivity contribution is -0.146. The van der Waals surface area contributed by atoms with Crippen molar-refractivity contribution in [3.8, 4) is 0 Å². The highest BCUT2D eigenvalue weighted by Gasteiger charge is 2.19. The first-order chi connectivity index (χ1) is 8.54. The van der Waals surface area contributed by atoms with Gasteiger partial charge in [-0.3, -0.25) is 0 Å². The van der Waals surface area contributed by atoms with Crippen molar-refractivity contribution in [2.75, 3.05) is 6.61 Å². The summed E-state index contributed by atoms with van der Waals surface area (Å²) in [4.78, 5) is 14.7. The quantitative estimate of drug-likeness (QED) is 0.687. The van der Waals surface area contributed by atoms with Gasteiger partial charge in [0.05, 0.1) is 17.6 Å². The number of nitrogens with one attached hydrogen (secondary N) is 1. The largest absolute Gasteiger partial charge is 0.464 e. The van der Waals surface area contributed by atoms with Crippen molar-refractivity contribution >= 4 is 29.2 Å². The molecule has 0 aliphatic heterocycles. The number of rotatable bonds is 3. The van der Waals surface area contributed by atoms with Crippen LogP contribution in [0.5, 0.6) is 0 Å².